The molecule has 4 rings (SSSR count). The molecule has 4 saturated carbocycles. The summed E-state index contributed by atoms with van der Waals surface area (Å²) < 4.78 is 0. The molecule has 0 saturated heterocycles. The van der Waals surface area contributed by atoms with Crippen LogP contribution in [0.15, 0.2) is 0 Å². The number of rotatable bonds is 4. The van der Waals surface area contributed by atoms with Crippen molar-refractivity contribution >= 4 is 15.9 Å². The maximum Gasteiger partial charge on any atom is 0.115 e. The van der Waals surface area contributed by atoms with Gasteiger partial charge < -0.3 is 0 Å². The zero-order valence-electron chi connectivity index (χ0n) is 10.0. The summed E-state index contributed by atoms with van der Waals surface area (Å²) in [5.74, 6) is 3.82. The van der Waals surface area contributed by atoms with Gasteiger partial charge in [0.25, 0.3) is 0 Å². The van der Waals surface area contributed by atoms with Crippen molar-refractivity contribution in [1.29, 1.82) is 5.26 Å². The van der Waals surface area contributed by atoms with E-state index in [0.717, 1.165) is 23.7 Å². The van der Waals surface area contributed by atoms with Crippen LogP contribution in [-0.2, 0) is 0 Å². The van der Waals surface area contributed by atoms with E-state index >= 15 is 0 Å². The van der Waals surface area contributed by atoms with E-state index in [2.05, 4.69) is 32.9 Å². The van der Waals surface area contributed by atoms with Gasteiger partial charge in [0.2, 0.25) is 0 Å². The first-order valence-corrected chi connectivity index (χ1v) is 7.70. The third-order valence-electron chi connectivity index (χ3n) is 4.92. The second-order valence-corrected chi connectivity index (χ2v) is 7.18. The normalized spacial score (nSPS) is 44.6. The molecule has 0 aliphatic heterocycles. The summed E-state index contributed by atoms with van der Waals surface area (Å²) in [4.78, 5) is -0.0909. The molecule has 1 unspecified atom stereocenters. The predicted molar refractivity (Wildman–Crippen MR) is 70.3 cm³/mol. The second-order valence-electron chi connectivity index (χ2n) is 6.08. The third kappa shape index (κ3) is 2.38. The summed E-state index contributed by atoms with van der Waals surface area (Å²) in [7, 11) is 0. The average Bonchev–Trinajstić information content (AvgIpc) is 2.31. The monoisotopic (exact) mass is 297 g/mol. The lowest BCUT2D eigenvalue weighted by molar-refractivity contribution is -0.0185. The van der Waals surface area contributed by atoms with Crippen LogP contribution in [0.25, 0.3) is 0 Å². The van der Waals surface area contributed by atoms with Crippen LogP contribution in [0.5, 0.6) is 0 Å². The minimum absolute atomic E-state index is 0.0909. The summed E-state index contributed by atoms with van der Waals surface area (Å²) in [5.41, 5.74) is 6.74. The number of hydrogen-bond acceptors (Lipinski definition) is 3. The number of hydrogen-bond donors (Lipinski definition) is 2. The predicted octanol–water partition coefficient (Wildman–Crippen LogP) is 2.19. The highest BCUT2D eigenvalue weighted by molar-refractivity contribution is 9.09. The van der Waals surface area contributed by atoms with Gasteiger partial charge in [-0.05, 0) is 55.8 Å². The minimum atomic E-state index is -0.0909. The van der Waals surface area contributed by atoms with Crippen LogP contribution in [0.3, 0.4) is 0 Å². The van der Waals surface area contributed by atoms with Crippen molar-refractivity contribution in [2.45, 2.75) is 43.0 Å². The van der Waals surface area contributed by atoms with Crippen molar-refractivity contribution in [1.82, 2.24) is 10.9 Å². The van der Waals surface area contributed by atoms with Crippen molar-refractivity contribution in [3.63, 3.8) is 0 Å². The zero-order valence-corrected chi connectivity index (χ0v) is 11.6. The number of hydrazine groups is 1. The first-order chi connectivity index (χ1) is 8.26. The molecule has 94 valence electrons. The summed E-state index contributed by atoms with van der Waals surface area (Å²) in [5, 5.41) is 8.71. The van der Waals surface area contributed by atoms with Crippen LogP contribution < -0.4 is 10.9 Å². The molecule has 0 aromatic carbocycles. The van der Waals surface area contributed by atoms with E-state index < -0.39 is 0 Å². The van der Waals surface area contributed by atoms with Crippen LogP contribution in [0.2, 0.25) is 0 Å². The standard InChI is InChI=1S/C13H20BrN3/c14-12(6-15)7-16-17-13-10-2-8-1-9(4-10)5-11(13)3-8/h8-13,16-17H,1-5,7H2. The molecule has 4 heteroatoms. The number of nitrogens with one attached hydrogen (secondary N) is 2. The van der Waals surface area contributed by atoms with Gasteiger partial charge in [-0.15, -0.1) is 0 Å². The molecular formula is C13H20BrN3. The number of alkyl halides is 1. The Labute approximate surface area is 111 Å². The fraction of sp³-hybridized carbons (Fsp3) is 0.923. The van der Waals surface area contributed by atoms with Crippen molar-refractivity contribution < 1.29 is 0 Å². The van der Waals surface area contributed by atoms with Gasteiger partial charge in [-0.1, -0.05) is 15.9 Å². The van der Waals surface area contributed by atoms with E-state index in [-0.39, 0.29) is 4.83 Å². The molecule has 4 fully saturated rings. The van der Waals surface area contributed by atoms with Crippen molar-refractivity contribution in [2.24, 2.45) is 23.7 Å². The maximum atomic E-state index is 8.71. The van der Waals surface area contributed by atoms with Gasteiger partial charge in [0.15, 0.2) is 0 Å². The highest BCUT2D eigenvalue weighted by atomic mass is 79.9. The van der Waals surface area contributed by atoms with Gasteiger partial charge in [-0.3, -0.25) is 10.9 Å². The van der Waals surface area contributed by atoms with Crippen LogP contribution >= 0.6 is 15.9 Å². The van der Waals surface area contributed by atoms with E-state index in [0.29, 0.717) is 12.6 Å². The summed E-state index contributed by atoms with van der Waals surface area (Å²) in [6.07, 6.45) is 7.24. The lowest BCUT2D eigenvalue weighted by Gasteiger charge is -2.54. The van der Waals surface area contributed by atoms with Gasteiger partial charge in [-0.25, -0.2) is 0 Å². The van der Waals surface area contributed by atoms with Crippen molar-refractivity contribution in [2.75, 3.05) is 6.54 Å². The van der Waals surface area contributed by atoms with Crippen LogP contribution in [0.4, 0.5) is 0 Å². The molecule has 0 aromatic rings. The molecule has 1 atom stereocenters. The average molecular weight is 298 g/mol. The molecule has 0 spiro atoms. The highest BCUT2D eigenvalue weighted by Crippen LogP contribution is 2.53. The first kappa shape index (κ1) is 12.0. The molecule has 17 heavy (non-hydrogen) atoms. The van der Waals surface area contributed by atoms with Crippen LogP contribution in [0.1, 0.15) is 32.1 Å². The van der Waals surface area contributed by atoms with E-state index in [1.165, 1.54) is 32.1 Å². The smallest absolute Gasteiger partial charge is 0.115 e. The Kier molecular flexibility index (Phi) is 3.43. The molecular weight excluding hydrogens is 278 g/mol. The van der Waals surface area contributed by atoms with Gasteiger partial charge in [0, 0.05) is 12.6 Å². The Morgan fingerprint density at radius 1 is 1.12 bits per heavy atom. The van der Waals surface area contributed by atoms with E-state index in [1.54, 1.807) is 0 Å². The van der Waals surface area contributed by atoms with Crippen LogP contribution in [-0.4, -0.2) is 17.4 Å². The molecule has 4 aliphatic rings. The molecule has 0 amide bonds. The SMILES string of the molecule is N#CC(Br)CNNC1C2CC3CC(C2)CC1C3. The summed E-state index contributed by atoms with van der Waals surface area (Å²) in [6.45, 7) is 0.680. The largest absolute Gasteiger partial charge is 0.255 e. The second kappa shape index (κ2) is 4.87. The molecule has 0 heterocycles. The molecule has 4 bridgehead atoms. The van der Waals surface area contributed by atoms with Crippen molar-refractivity contribution in [3.8, 4) is 6.07 Å². The molecule has 3 nitrogen and oxygen atoms in total. The lowest BCUT2D eigenvalue weighted by atomic mass is 9.54. The van der Waals surface area contributed by atoms with Gasteiger partial charge in [-0.2, -0.15) is 5.26 Å². The Hall–Kier alpha value is -0.110. The third-order valence-corrected chi connectivity index (χ3v) is 5.45. The zero-order chi connectivity index (χ0) is 11.8. The van der Waals surface area contributed by atoms with E-state index in [9.17, 15) is 0 Å². The highest BCUT2D eigenvalue weighted by Gasteiger charge is 2.47. The molecule has 2 N–H and O–H groups in total. The molecule has 4 aliphatic carbocycles. The Morgan fingerprint density at radius 2 is 1.71 bits per heavy atom. The van der Waals surface area contributed by atoms with Crippen LogP contribution in [0, 0.1) is 35.0 Å². The summed E-state index contributed by atoms with van der Waals surface area (Å²) in [6, 6.07) is 2.84. The van der Waals surface area contributed by atoms with Gasteiger partial charge in [0.1, 0.15) is 4.83 Å². The molecule has 0 aromatic heterocycles. The van der Waals surface area contributed by atoms with Crippen molar-refractivity contribution in [3.05, 3.63) is 0 Å². The van der Waals surface area contributed by atoms with E-state index in [4.69, 9.17) is 5.26 Å². The Bertz CT molecular complexity index is 297. The first-order valence-electron chi connectivity index (χ1n) is 6.78. The van der Waals surface area contributed by atoms with Gasteiger partial charge in [0.05, 0.1) is 6.07 Å². The lowest BCUT2D eigenvalue weighted by Crippen LogP contribution is -2.58. The van der Waals surface area contributed by atoms with Gasteiger partial charge >= 0.3 is 0 Å². The fourth-order valence-corrected chi connectivity index (χ4v) is 4.63. The quantitative estimate of drug-likeness (QED) is 0.618. The number of nitrogens with zero attached hydrogens (tertiary/aromatic N) is 1. The minimum Gasteiger partial charge on any atom is -0.255 e. The number of nitriles is 1. The topological polar surface area (TPSA) is 47.9 Å². The molecule has 0 radical (unpaired) electrons. The fourth-order valence-electron chi connectivity index (χ4n) is 4.47. The summed E-state index contributed by atoms with van der Waals surface area (Å²) >= 11 is 3.32. The van der Waals surface area contributed by atoms with E-state index in [1.807, 2.05) is 0 Å². The maximum absolute atomic E-state index is 8.71. The Balaban J connectivity index is 1.53. The Morgan fingerprint density at radius 3 is 2.24 bits per heavy atom. The number of halogens is 1.